The maximum absolute atomic E-state index is 12.7. The van der Waals surface area contributed by atoms with Gasteiger partial charge in [-0.2, -0.15) is 0 Å². The lowest BCUT2D eigenvalue weighted by Gasteiger charge is -2.20. The number of para-hydroxylation sites is 1. The second-order valence-electron chi connectivity index (χ2n) is 6.02. The van der Waals surface area contributed by atoms with E-state index in [0.717, 1.165) is 17.7 Å². The summed E-state index contributed by atoms with van der Waals surface area (Å²) >= 11 is 0. The minimum absolute atomic E-state index is 0. The highest BCUT2D eigenvalue weighted by Gasteiger charge is 2.34. The normalized spacial score (nSPS) is 19.8. The lowest BCUT2D eigenvalue weighted by molar-refractivity contribution is 0.0707. The molecule has 1 aromatic carbocycles. The van der Waals surface area contributed by atoms with Gasteiger partial charge in [0.1, 0.15) is 12.4 Å². The summed E-state index contributed by atoms with van der Waals surface area (Å²) in [4.78, 5) is 14.6. The van der Waals surface area contributed by atoms with Gasteiger partial charge in [-0.05, 0) is 44.0 Å². The first-order chi connectivity index (χ1) is 11.2. The Morgan fingerprint density at radius 3 is 2.75 bits per heavy atom. The fraction of sp³-hybridized carbons (Fsp3) is 0.389. The van der Waals surface area contributed by atoms with E-state index in [2.05, 4.69) is 6.92 Å². The maximum atomic E-state index is 12.7. The number of rotatable bonds is 5. The molecule has 2 heterocycles. The number of halogens is 1. The number of carbonyl (C=O) groups excluding carboxylic acids is 1. The van der Waals surface area contributed by atoms with Crippen LogP contribution in [0.3, 0.4) is 0 Å². The zero-order chi connectivity index (χ0) is 16.2. The Morgan fingerprint density at radius 2 is 2.08 bits per heavy atom. The van der Waals surface area contributed by atoms with E-state index in [0.29, 0.717) is 31.4 Å². The molecule has 2 aromatic rings. The average molecular weight is 351 g/mol. The highest BCUT2D eigenvalue weighted by molar-refractivity contribution is 5.93. The third-order valence-electron chi connectivity index (χ3n) is 4.33. The lowest BCUT2D eigenvalue weighted by atomic mass is 10.1. The van der Waals surface area contributed by atoms with Crippen molar-refractivity contribution in [3.05, 3.63) is 54.0 Å². The first-order valence-electron chi connectivity index (χ1n) is 7.94. The molecule has 24 heavy (non-hydrogen) atoms. The predicted octanol–water partition coefficient (Wildman–Crippen LogP) is 3.09. The number of carbonyl (C=O) groups is 1. The van der Waals surface area contributed by atoms with Crippen LogP contribution in [0.5, 0.6) is 5.75 Å². The zero-order valence-corrected chi connectivity index (χ0v) is 14.5. The number of furan rings is 1. The fourth-order valence-corrected chi connectivity index (χ4v) is 3.04. The molecule has 6 heteroatoms. The van der Waals surface area contributed by atoms with Crippen LogP contribution in [0, 0.1) is 5.92 Å². The van der Waals surface area contributed by atoms with E-state index < -0.39 is 0 Å². The molecule has 3 rings (SSSR count). The van der Waals surface area contributed by atoms with Crippen LogP contribution in [0.1, 0.15) is 29.5 Å². The molecular weight excluding hydrogens is 328 g/mol. The van der Waals surface area contributed by atoms with Crippen molar-refractivity contribution in [1.82, 2.24) is 4.90 Å². The summed E-state index contributed by atoms with van der Waals surface area (Å²) in [5.74, 6) is 1.42. The maximum Gasteiger partial charge on any atom is 0.290 e. The van der Waals surface area contributed by atoms with Gasteiger partial charge in [-0.15, -0.1) is 12.4 Å². The fourth-order valence-electron chi connectivity index (χ4n) is 3.04. The van der Waals surface area contributed by atoms with Gasteiger partial charge in [-0.3, -0.25) is 4.79 Å². The highest BCUT2D eigenvalue weighted by atomic mass is 35.5. The number of amides is 1. The molecule has 0 aliphatic carbocycles. The van der Waals surface area contributed by atoms with Gasteiger partial charge in [-0.25, -0.2) is 0 Å². The molecule has 1 amide bonds. The van der Waals surface area contributed by atoms with Crippen LogP contribution < -0.4 is 10.5 Å². The monoisotopic (exact) mass is 350 g/mol. The quantitative estimate of drug-likeness (QED) is 0.899. The molecule has 130 valence electrons. The van der Waals surface area contributed by atoms with Gasteiger partial charge >= 0.3 is 0 Å². The number of nitrogens with zero attached hydrogens (tertiary/aromatic N) is 1. The minimum Gasteiger partial charge on any atom is -0.489 e. The van der Waals surface area contributed by atoms with Gasteiger partial charge in [0.25, 0.3) is 5.91 Å². The van der Waals surface area contributed by atoms with Crippen LogP contribution in [-0.2, 0) is 6.61 Å². The molecule has 5 nitrogen and oxygen atoms in total. The third-order valence-corrected chi connectivity index (χ3v) is 4.33. The van der Waals surface area contributed by atoms with E-state index in [4.69, 9.17) is 14.9 Å². The smallest absolute Gasteiger partial charge is 0.290 e. The molecule has 1 saturated heterocycles. The molecule has 0 bridgehead atoms. The van der Waals surface area contributed by atoms with Crippen molar-refractivity contribution < 1.29 is 13.9 Å². The number of likely N-dealkylation sites (tertiary alicyclic amines) is 1. The van der Waals surface area contributed by atoms with Crippen molar-refractivity contribution in [1.29, 1.82) is 0 Å². The van der Waals surface area contributed by atoms with Gasteiger partial charge < -0.3 is 19.8 Å². The molecule has 2 N–H and O–H groups in total. The summed E-state index contributed by atoms with van der Waals surface area (Å²) in [7, 11) is 0. The van der Waals surface area contributed by atoms with Crippen molar-refractivity contribution >= 4 is 18.3 Å². The van der Waals surface area contributed by atoms with Gasteiger partial charge in [0.15, 0.2) is 5.76 Å². The van der Waals surface area contributed by atoms with E-state index in [1.165, 1.54) is 6.26 Å². The molecule has 2 unspecified atom stereocenters. The van der Waals surface area contributed by atoms with Gasteiger partial charge in [-0.1, -0.05) is 18.2 Å². The molecule has 1 aromatic heterocycles. The van der Waals surface area contributed by atoms with Crippen LogP contribution in [0.4, 0.5) is 0 Å². The Labute approximate surface area is 148 Å². The summed E-state index contributed by atoms with van der Waals surface area (Å²) in [5.41, 5.74) is 6.50. The lowest BCUT2D eigenvalue weighted by Crippen LogP contribution is -2.34. The molecule has 1 fully saturated rings. The molecule has 2 atom stereocenters. The van der Waals surface area contributed by atoms with Crippen molar-refractivity contribution in [2.45, 2.75) is 26.0 Å². The summed E-state index contributed by atoms with van der Waals surface area (Å²) in [6.45, 7) is 3.66. The Hall–Kier alpha value is -1.98. The van der Waals surface area contributed by atoms with Crippen molar-refractivity contribution in [2.75, 3.05) is 13.1 Å². The molecule has 1 aliphatic heterocycles. The van der Waals surface area contributed by atoms with Crippen molar-refractivity contribution in [2.24, 2.45) is 11.7 Å². The van der Waals surface area contributed by atoms with E-state index in [9.17, 15) is 4.79 Å². The van der Waals surface area contributed by atoms with E-state index in [1.54, 1.807) is 6.07 Å². The van der Waals surface area contributed by atoms with E-state index in [1.807, 2.05) is 35.2 Å². The first-order valence-corrected chi connectivity index (χ1v) is 7.94. The van der Waals surface area contributed by atoms with Crippen LogP contribution in [0.2, 0.25) is 0 Å². The minimum atomic E-state index is -0.0786. The van der Waals surface area contributed by atoms with Crippen molar-refractivity contribution in [3.63, 3.8) is 0 Å². The molecular formula is C18H23ClN2O3. The molecule has 1 aliphatic rings. The Kier molecular flexibility index (Phi) is 6.29. The van der Waals surface area contributed by atoms with Gasteiger partial charge in [0, 0.05) is 18.2 Å². The van der Waals surface area contributed by atoms with E-state index in [-0.39, 0.29) is 24.4 Å². The second kappa shape index (κ2) is 8.22. The molecule has 0 radical (unpaired) electrons. The van der Waals surface area contributed by atoms with Crippen LogP contribution in [0.25, 0.3) is 0 Å². The Morgan fingerprint density at radius 1 is 1.33 bits per heavy atom. The van der Waals surface area contributed by atoms with Gasteiger partial charge in [0.05, 0.1) is 6.26 Å². The number of benzene rings is 1. The Bertz CT molecular complexity index is 659. The van der Waals surface area contributed by atoms with Crippen LogP contribution in [-0.4, -0.2) is 29.9 Å². The average Bonchev–Trinajstić information content (AvgIpc) is 3.19. The van der Waals surface area contributed by atoms with Crippen LogP contribution in [0.15, 0.2) is 47.1 Å². The van der Waals surface area contributed by atoms with Crippen LogP contribution >= 0.6 is 12.4 Å². The number of hydrogen-bond acceptors (Lipinski definition) is 4. The predicted molar refractivity (Wildman–Crippen MR) is 94.4 cm³/mol. The standard InChI is InChI=1S/C18H22N2O3.ClH/c1-13-9-14(10-19)11-20(13)18(21)17-15(7-8-22-17)12-23-16-5-3-2-4-6-16;/h2-8,13-14H,9-12,19H2,1H3;1H. The van der Waals surface area contributed by atoms with Gasteiger partial charge in [0.2, 0.25) is 0 Å². The SMILES string of the molecule is CC1CC(CN)CN1C(=O)c1occc1COc1ccccc1.Cl. The highest BCUT2D eigenvalue weighted by Crippen LogP contribution is 2.26. The third kappa shape index (κ3) is 3.91. The van der Waals surface area contributed by atoms with E-state index >= 15 is 0 Å². The number of hydrogen-bond donors (Lipinski definition) is 1. The number of nitrogens with two attached hydrogens (primary N) is 1. The summed E-state index contributed by atoms with van der Waals surface area (Å²) < 4.78 is 11.2. The molecule has 0 saturated carbocycles. The Balaban J connectivity index is 0.00000208. The first kappa shape index (κ1) is 18.4. The topological polar surface area (TPSA) is 68.7 Å². The summed E-state index contributed by atoms with van der Waals surface area (Å²) in [6.07, 6.45) is 2.48. The summed E-state index contributed by atoms with van der Waals surface area (Å²) in [6, 6.07) is 11.5. The number of ether oxygens (including phenoxy) is 1. The van der Waals surface area contributed by atoms with Crippen molar-refractivity contribution in [3.8, 4) is 5.75 Å². The molecule has 0 spiro atoms. The summed E-state index contributed by atoms with van der Waals surface area (Å²) in [5, 5.41) is 0. The largest absolute Gasteiger partial charge is 0.489 e. The zero-order valence-electron chi connectivity index (χ0n) is 13.7. The second-order valence-corrected chi connectivity index (χ2v) is 6.02.